The van der Waals surface area contributed by atoms with E-state index in [0.29, 0.717) is 25.1 Å². The average molecular weight is 329 g/mol. The molecule has 1 fully saturated rings. The number of aromatic nitrogens is 1. The predicted molar refractivity (Wildman–Crippen MR) is 87.6 cm³/mol. The molecule has 2 heterocycles. The van der Waals surface area contributed by atoms with Crippen molar-refractivity contribution in [3.05, 3.63) is 36.0 Å². The molecule has 1 aliphatic heterocycles. The van der Waals surface area contributed by atoms with Crippen LogP contribution in [0.2, 0.25) is 0 Å². The smallest absolute Gasteiger partial charge is 0.308 e. The van der Waals surface area contributed by atoms with Crippen molar-refractivity contribution in [2.75, 3.05) is 19.6 Å². The molecule has 126 valence electrons. The molecule has 7 heteroatoms. The molecule has 1 aromatic carbocycles. The normalized spacial score (nSPS) is 17.7. The fraction of sp³-hybridized carbons (Fsp3) is 0.353. The number of carbonyl (C=O) groups excluding carboxylic acids is 2. The van der Waals surface area contributed by atoms with Gasteiger partial charge in [0.2, 0.25) is 5.91 Å². The minimum atomic E-state index is -0.880. The summed E-state index contributed by atoms with van der Waals surface area (Å²) in [6.45, 7) is 0.599. The Balaban J connectivity index is 1.57. The molecule has 0 spiro atoms. The first-order valence-corrected chi connectivity index (χ1v) is 7.91. The van der Waals surface area contributed by atoms with Crippen LogP contribution in [0.1, 0.15) is 23.3 Å². The number of nitrogens with zero attached hydrogens (tertiary/aromatic N) is 1. The van der Waals surface area contributed by atoms with E-state index < -0.39 is 11.9 Å². The third-order valence-corrected chi connectivity index (χ3v) is 4.30. The first kappa shape index (κ1) is 16.0. The molecule has 0 radical (unpaired) electrons. The Morgan fingerprint density at radius 2 is 2.08 bits per heavy atom. The maximum absolute atomic E-state index is 12.2. The number of hydrogen-bond acceptors (Lipinski definition) is 3. The number of para-hydroxylation sites is 1. The lowest BCUT2D eigenvalue weighted by atomic mass is 9.98. The molecule has 3 rings (SSSR count). The van der Waals surface area contributed by atoms with Crippen molar-refractivity contribution in [1.82, 2.24) is 15.2 Å². The fourth-order valence-corrected chi connectivity index (χ4v) is 2.96. The average Bonchev–Trinajstić information content (AvgIpc) is 3.03. The van der Waals surface area contributed by atoms with Crippen molar-refractivity contribution in [3.63, 3.8) is 0 Å². The Morgan fingerprint density at radius 1 is 1.29 bits per heavy atom. The highest BCUT2D eigenvalue weighted by Gasteiger charge is 2.28. The van der Waals surface area contributed by atoms with Crippen LogP contribution in [0, 0.1) is 5.92 Å². The van der Waals surface area contributed by atoms with E-state index in [0.717, 1.165) is 10.9 Å². The summed E-state index contributed by atoms with van der Waals surface area (Å²) in [4.78, 5) is 39.9. The van der Waals surface area contributed by atoms with Crippen molar-refractivity contribution in [2.24, 2.45) is 5.92 Å². The third-order valence-electron chi connectivity index (χ3n) is 4.30. The second-order valence-corrected chi connectivity index (χ2v) is 5.97. The summed E-state index contributed by atoms with van der Waals surface area (Å²) in [5.74, 6) is -2.02. The molecular formula is C17H19N3O4. The van der Waals surface area contributed by atoms with Crippen LogP contribution in [0.15, 0.2) is 30.3 Å². The summed E-state index contributed by atoms with van der Waals surface area (Å²) in [6.07, 6.45) is 1.25. The lowest BCUT2D eigenvalue weighted by Crippen LogP contribution is -2.46. The number of carboxylic acid groups (broad SMARTS) is 1. The molecule has 1 unspecified atom stereocenters. The Morgan fingerprint density at radius 3 is 2.83 bits per heavy atom. The number of benzene rings is 1. The van der Waals surface area contributed by atoms with Crippen LogP contribution in [0.4, 0.5) is 0 Å². The van der Waals surface area contributed by atoms with E-state index in [1.165, 1.54) is 4.90 Å². The van der Waals surface area contributed by atoms with Crippen molar-refractivity contribution in [3.8, 4) is 0 Å². The number of carbonyl (C=O) groups is 3. The van der Waals surface area contributed by atoms with Crippen molar-refractivity contribution < 1.29 is 19.5 Å². The van der Waals surface area contributed by atoms with Crippen LogP contribution in [-0.4, -0.2) is 52.4 Å². The second kappa shape index (κ2) is 6.74. The van der Waals surface area contributed by atoms with Gasteiger partial charge in [0.25, 0.3) is 5.91 Å². The van der Waals surface area contributed by atoms with E-state index >= 15 is 0 Å². The number of amides is 2. The van der Waals surface area contributed by atoms with E-state index in [1.807, 2.05) is 24.3 Å². The Hall–Kier alpha value is -2.83. The highest BCUT2D eigenvalue weighted by Crippen LogP contribution is 2.17. The van der Waals surface area contributed by atoms with Crippen LogP contribution >= 0.6 is 0 Å². The number of aliphatic carboxylic acids is 1. The van der Waals surface area contributed by atoms with Crippen LogP contribution in [0.3, 0.4) is 0 Å². The Bertz CT molecular complexity index is 750. The number of carboxylic acids is 1. The summed E-state index contributed by atoms with van der Waals surface area (Å²) in [5.41, 5.74) is 1.25. The highest BCUT2D eigenvalue weighted by atomic mass is 16.4. The second-order valence-electron chi connectivity index (χ2n) is 5.97. The van der Waals surface area contributed by atoms with Gasteiger partial charge in [0.15, 0.2) is 0 Å². The minimum absolute atomic E-state index is 0.138. The third kappa shape index (κ3) is 3.40. The minimum Gasteiger partial charge on any atom is -0.481 e. The Labute approximate surface area is 138 Å². The largest absolute Gasteiger partial charge is 0.481 e. The maximum Gasteiger partial charge on any atom is 0.308 e. The number of fused-ring (bicyclic) bond motifs is 1. The molecule has 0 bridgehead atoms. The number of likely N-dealkylation sites (tertiary alicyclic amines) is 1. The van der Waals surface area contributed by atoms with Crippen molar-refractivity contribution in [2.45, 2.75) is 12.8 Å². The SMILES string of the molecule is O=C(NCC(=O)N1CCCC(C(=O)O)C1)c1cc2ccccc2[nH]1. The van der Waals surface area contributed by atoms with Crippen LogP contribution in [-0.2, 0) is 9.59 Å². The number of aromatic amines is 1. The van der Waals surface area contributed by atoms with Crippen LogP contribution in [0.25, 0.3) is 10.9 Å². The van der Waals surface area contributed by atoms with Gasteiger partial charge in [-0.25, -0.2) is 0 Å². The first-order valence-electron chi connectivity index (χ1n) is 7.91. The summed E-state index contributed by atoms with van der Waals surface area (Å²) in [5, 5.41) is 12.6. The number of rotatable bonds is 4. The topological polar surface area (TPSA) is 102 Å². The van der Waals surface area contributed by atoms with Gasteiger partial charge in [0.05, 0.1) is 12.5 Å². The molecule has 1 atom stereocenters. The van der Waals surface area contributed by atoms with Crippen molar-refractivity contribution in [1.29, 1.82) is 0 Å². The zero-order valence-electron chi connectivity index (χ0n) is 13.1. The molecule has 0 aliphatic carbocycles. The lowest BCUT2D eigenvalue weighted by molar-refractivity contribution is -0.145. The van der Waals surface area contributed by atoms with Crippen LogP contribution in [0.5, 0.6) is 0 Å². The molecule has 2 aromatic rings. The number of hydrogen-bond donors (Lipinski definition) is 3. The van der Waals surface area contributed by atoms with E-state index in [4.69, 9.17) is 5.11 Å². The maximum atomic E-state index is 12.2. The summed E-state index contributed by atoms with van der Waals surface area (Å²) in [7, 11) is 0. The number of H-pyrrole nitrogens is 1. The van der Waals surface area contributed by atoms with Gasteiger partial charge in [-0.1, -0.05) is 18.2 Å². The van der Waals surface area contributed by atoms with E-state index in [-0.39, 0.29) is 24.9 Å². The van der Waals surface area contributed by atoms with Gasteiger partial charge >= 0.3 is 5.97 Å². The molecule has 7 nitrogen and oxygen atoms in total. The highest BCUT2D eigenvalue weighted by molar-refractivity contribution is 5.99. The molecule has 1 saturated heterocycles. The summed E-state index contributed by atoms with van der Waals surface area (Å²) >= 11 is 0. The van der Waals surface area contributed by atoms with Crippen molar-refractivity contribution >= 4 is 28.7 Å². The molecular weight excluding hydrogens is 310 g/mol. The molecule has 24 heavy (non-hydrogen) atoms. The van der Waals surface area contributed by atoms with Gasteiger partial charge in [0.1, 0.15) is 5.69 Å². The molecule has 3 N–H and O–H groups in total. The quantitative estimate of drug-likeness (QED) is 0.785. The van der Waals surface area contributed by atoms with E-state index in [1.54, 1.807) is 6.07 Å². The number of piperidine rings is 1. The van der Waals surface area contributed by atoms with Gasteiger partial charge < -0.3 is 20.3 Å². The van der Waals surface area contributed by atoms with Gasteiger partial charge in [-0.05, 0) is 25.0 Å². The van der Waals surface area contributed by atoms with Gasteiger partial charge in [-0.3, -0.25) is 14.4 Å². The van der Waals surface area contributed by atoms with Gasteiger partial charge in [-0.15, -0.1) is 0 Å². The zero-order chi connectivity index (χ0) is 17.1. The van der Waals surface area contributed by atoms with E-state index in [2.05, 4.69) is 10.3 Å². The molecule has 1 aromatic heterocycles. The Kier molecular flexibility index (Phi) is 4.50. The van der Waals surface area contributed by atoms with E-state index in [9.17, 15) is 14.4 Å². The predicted octanol–water partition coefficient (Wildman–Crippen LogP) is 1.22. The summed E-state index contributed by atoms with van der Waals surface area (Å²) in [6, 6.07) is 9.26. The first-order chi connectivity index (χ1) is 11.5. The standard InChI is InChI=1S/C17H19N3O4/c21-15(20-7-3-5-12(10-20)17(23)24)9-18-16(22)14-8-11-4-1-2-6-13(11)19-14/h1-2,4,6,8,12,19H,3,5,7,9-10H2,(H,18,22)(H,23,24). The molecule has 2 amide bonds. The molecule has 1 aliphatic rings. The van der Waals surface area contributed by atoms with Crippen LogP contribution < -0.4 is 5.32 Å². The fourth-order valence-electron chi connectivity index (χ4n) is 2.96. The van der Waals surface area contributed by atoms with Gasteiger partial charge in [0, 0.05) is 24.0 Å². The lowest BCUT2D eigenvalue weighted by Gasteiger charge is -2.30. The number of nitrogens with one attached hydrogen (secondary N) is 2. The molecule has 0 saturated carbocycles. The zero-order valence-corrected chi connectivity index (χ0v) is 13.1. The monoisotopic (exact) mass is 329 g/mol. The summed E-state index contributed by atoms with van der Waals surface area (Å²) < 4.78 is 0. The van der Waals surface area contributed by atoms with Gasteiger partial charge in [-0.2, -0.15) is 0 Å².